The van der Waals surface area contributed by atoms with Crippen molar-refractivity contribution in [2.75, 3.05) is 6.61 Å². The second-order valence-electron chi connectivity index (χ2n) is 7.11. The van der Waals surface area contributed by atoms with Gasteiger partial charge in [0.2, 0.25) is 11.7 Å². The van der Waals surface area contributed by atoms with Gasteiger partial charge in [0.05, 0.1) is 21.6 Å². The Morgan fingerprint density at radius 3 is 2.70 bits per heavy atom. The highest BCUT2D eigenvalue weighted by atomic mass is 35.5. The molecule has 0 amide bonds. The van der Waals surface area contributed by atoms with E-state index < -0.39 is 17.2 Å². The van der Waals surface area contributed by atoms with Crippen LogP contribution < -0.4 is 5.56 Å². The largest absolute Gasteiger partial charge is 0.494 e. The lowest BCUT2D eigenvalue weighted by atomic mass is 10.0. The lowest BCUT2D eigenvalue weighted by Gasteiger charge is -2.15. The van der Waals surface area contributed by atoms with Crippen LogP contribution in [0.5, 0.6) is 5.88 Å². The van der Waals surface area contributed by atoms with Crippen LogP contribution in [0.1, 0.15) is 46.6 Å². The first-order valence-corrected chi connectivity index (χ1v) is 10.7. The van der Waals surface area contributed by atoms with E-state index in [2.05, 4.69) is 0 Å². The number of nitrogens with zero attached hydrogens (tertiary/aromatic N) is 2. The van der Waals surface area contributed by atoms with Crippen LogP contribution in [0.2, 0.25) is 5.02 Å². The van der Waals surface area contributed by atoms with Crippen molar-refractivity contribution in [3.63, 3.8) is 0 Å². The fourth-order valence-electron chi connectivity index (χ4n) is 3.25. The number of pyridine rings is 1. The number of ether oxygens (including phenoxy) is 1. The Bertz CT molecular complexity index is 1220. The molecule has 0 atom stereocenters. The Balaban J connectivity index is 2.10. The summed E-state index contributed by atoms with van der Waals surface area (Å²) in [6.45, 7) is 5.78. The summed E-state index contributed by atoms with van der Waals surface area (Å²) in [6, 6.07) is 9.21. The fraction of sp³-hybridized carbons (Fsp3) is 0.318. The summed E-state index contributed by atoms with van der Waals surface area (Å²) in [5, 5.41) is 21.4. The molecule has 156 valence electrons. The molecule has 0 fully saturated rings. The maximum absolute atomic E-state index is 13.3. The molecule has 0 aliphatic carbocycles. The Hall–Kier alpha value is -2.66. The normalized spacial score (nSPS) is 11.2. The predicted octanol–water partition coefficient (Wildman–Crippen LogP) is 4.65. The highest BCUT2D eigenvalue weighted by Gasteiger charge is 2.27. The molecule has 1 aromatic carbocycles. The van der Waals surface area contributed by atoms with Crippen molar-refractivity contribution in [2.45, 2.75) is 39.8 Å². The lowest BCUT2D eigenvalue weighted by molar-refractivity contribution is 0.0743. The van der Waals surface area contributed by atoms with Gasteiger partial charge in [-0.25, -0.2) is 0 Å². The average molecular weight is 445 g/mol. The number of aromatic nitrogens is 1. The average Bonchev–Trinajstić information content (AvgIpc) is 3.04. The van der Waals surface area contributed by atoms with Gasteiger partial charge in [-0.2, -0.15) is 5.26 Å². The zero-order valence-electron chi connectivity index (χ0n) is 16.9. The summed E-state index contributed by atoms with van der Waals surface area (Å²) in [5.74, 6) is -0.973. The molecular weight excluding hydrogens is 424 g/mol. The van der Waals surface area contributed by atoms with Crippen molar-refractivity contribution >= 4 is 38.8 Å². The fourth-order valence-corrected chi connectivity index (χ4v) is 4.71. The van der Waals surface area contributed by atoms with E-state index in [9.17, 15) is 20.0 Å². The van der Waals surface area contributed by atoms with Crippen molar-refractivity contribution in [1.82, 2.24) is 4.57 Å². The number of nitriles is 1. The number of thiophene rings is 1. The number of benzene rings is 1. The SMILES string of the molecule is Cc1c(C(=O)c2sc3ccccc3c2Cl)c(O)n(CCCOC(C)C)c(=O)c1C#N. The van der Waals surface area contributed by atoms with Crippen LogP contribution in [-0.4, -0.2) is 28.2 Å². The van der Waals surface area contributed by atoms with E-state index in [-0.39, 0.29) is 34.2 Å². The molecule has 2 heterocycles. The molecule has 1 N–H and O–H groups in total. The summed E-state index contributed by atoms with van der Waals surface area (Å²) in [5.41, 5.74) is -0.730. The van der Waals surface area contributed by atoms with Crippen LogP contribution in [0.25, 0.3) is 10.1 Å². The maximum Gasteiger partial charge on any atom is 0.271 e. The predicted molar refractivity (Wildman–Crippen MR) is 118 cm³/mol. The van der Waals surface area contributed by atoms with E-state index in [1.165, 1.54) is 18.3 Å². The number of aromatic hydroxyl groups is 1. The third-order valence-corrected chi connectivity index (χ3v) is 6.42. The number of halogens is 1. The molecule has 0 saturated carbocycles. The van der Waals surface area contributed by atoms with Crippen LogP contribution in [0, 0.1) is 18.3 Å². The summed E-state index contributed by atoms with van der Waals surface area (Å²) >= 11 is 7.65. The number of carbonyl (C=O) groups is 1. The number of hydrogen-bond acceptors (Lipinski definition) is 6. The zero-order valence-corrected chi connectivity index (χ0v) is 18.4. The Kier molecular flexibility index (Phi) is 6.61. The minimum Gasteiger partial charge on any atom is -0.494 e. The molecule has 6 nitrogen and oxygen atoms in total. The number of hydrogen-bond donors (Lipinski definition) is 1. The standard InChI is InChI=1S/C22H21ClN2O4S/c1-12(2)29-10-6-9-25-21(27)15(11-24)13(3)17(22(25)28)19(26)20-18(23)14-7-4-5-8-16(14)30-20/h4-5,7-8,12,28H,6,9-10H2,1-3H3. The van der Waals surface area contributed by atoms with Gasteiger partial charge in [-0.15, -0.1) is 11.3 Å². The van der Waals surface area contributed by atoms with E-state index >= 15 is 0 Å². The quantitative estimate of drug-likeness (QED) is 0.423. The molecule has 0 unspecified atom stereocenters. The van der Waals surface area contributed by atoms with Crippen LogP contribution in [0.15, 0.2) is 29.1 Å². The van der Waals surface area contributed by atoms with E-state index in [0.29, 0.717) is 18.1 Å². The Morgan fingerprint density at radius 1 is 1.37 bits per heavy atom. The Morgan fingerprint density at radius 2 is 2.07 bits per heavy atom. The summed E-state index contributed by atoms with van der Waals surface area (Å²) in [6.07, 6.45) is 0.479. The number of fused-ring (bicyclic) bond motifs is 1. The van der Waals surface area contributed by atoms with Crippen LogP contribution in [0.3, 0.4) is 0 Å². The second kappa shape index (κ2) is 9.00. The van der Waals surface area contributed by atoms with Gasteiger partial charge in [0.15, 0.2) is 0 Å². The number of rotatable bonds is 7. The van der Waals surface area contributed by atoms with Gasteiger partial charge in [0, 0.05) is 23.2 Å². The first kappa shape index (κ1) is 22.0. The summed E-state index contributed by atoms with van der Waals surface area (Å²) < 4.78 is 7.37. The molecule has 3 rings (SSSR count). The second-order valence-corrected chi connectivity index (χ2v) is 8.54. The van der Waals surface area contributed by atoms with Gasteiger partial charge in [0.1, 0.15) is 11.6 Å². The van der Waals surface area contributed by atoms with Gasteiger partial charge in [0.25, 0.3) is 5.56 Å². The molecule has 0 radical (unpaired) electrons. The minimum absolute atomic E-state index is 0.0373. The monoisotopic (exact) mass is 444 g/mol. The van der Waals surface area contributed by atoms with Gasteiger partial charge >= 0.3 is 0 Å². The van der Waals surface area contributed by atoms with Gasteiger partial charge in [-0.3, -0.25) is 14.2 Å². The zero-order chi connectivity index (χ0) is 22.0. The first-order valence-electron chi connectivity index (χ1n) is 9.47. The van der Waals surface area contributed by atoms with Crippen molar-refractivity contribution < 1.29 is 14.6 Å². The van der Waals surface area contributed by atoms with Crippen LogP contribution in [-0.2, 0) is 11.3 Å². The molecule has 3 aromatic rings. The molecule has 0 spiro atoms. The first-order chi connectivity index (χ1) is 14.3. The Labute approximate surface area is 182 Å². The third kappa shape index (κ3) is 3.99. The summed E-state index contributed by atoms with van der Waals surface area (Å²) in [4.78, 5) is 26.3. The molecule has 0 saturated heterocycles. The van der Waals surface area contributed by atoms with Crippen molar-refractivity contribution in [3.8, 4) is 11.9 Å². The smallest absolute Gasteiger partial charge is 0.271 e. The van der Waals surface area contributed by atoms with E-state index in [4.69, 9.17) is 16.3 Å². The molecule has 30 heavy (non-hydrogen) atoms. The van der Waals surface area contributed by atoms with Crippen LogP contribution in [0.4, 0.5) is 0 Å². The molecule has 2 aromatic heterocycles. The van der Waals surface area contributed by atoms with Gasteiger partial charge in [-0.05, 0) is 38.8 Å². The maximum atomic E-state index is 13.3. The van der Waals surface area contributed by atoms with Crippen LogP contribution >= 0.6 is 22.9 Å². The van der Waals surface area contributed by atoms with Crippen molar-refractivity contribution in [2.24, 2.45) is 0 Å². The van der Waals surface area contributed by atoms with Gasteiger partial charge < -0.3 is 9.84 Å². The third-order valence-electron chi connectivity index (χ3n) is 4.75. The van der Waals surface area contributed by atoms with Gasteiger partial charge in [-0.1, -0.05) is 29.8 Å². The molecule has 0 bridgehead atoms. The molecule has 8 heteroatoms. The highest BCUT2D eigenvalue weighted by molar-refractivity contribution is 7.21. The molecule has 0 aliphatic heterocycles. The minimum atomic E-state index is -0.629. The highest BCUT2D eigenvalue weighted by Crippen LogP contribution is 2.38. The topological polar surface area (TPSA) is 92.3 Å². The number of ketones is 1. The summed E-state index contributed by atoms with van der Waals surface area (Å²) in [7, 11) is 0. The molecular formula is C22H21ClN2O4S. The van der Waals surface area contributed by atoms with Crippen molar-refractivity contribution in [1.29, 1.82) is 5.26 Å². The van der Waals surface area contributed by atoms with Crippen molar-refractivity contribution in [3.05, 3.63) is 61.2 Å². The van der Waals surface area contributed by atoms with E-state index in [1.807, 2.05) is 44.2 Å². The number of carbonyl (C=O) groups excluding carboxylic acids is 1. The van der Waals surface area contributed by atoms with E-state index in [0.717, 1.165) is 14.7 Å². The lowest BCUT2D eigenvalue weighted by Crippen LogP contribution is -2.27. The molecule has 0 aliphatic rings. The van der Waals surface area contributed by atoms with E-state index in [1.54, 1.807) is 0 Å².